The van der Waals surface area contributed by atoms with Gasteiger partial charge in [-0.25, -0.2) is 0 Å². The number of amides is 1. The monoisotopic (exact) mass is 529 g/mol. The molecule has 0 bridgehead atoms. The summed E-state index contributed by atoms with van der Waals surface area (Å²) in [4.78, 5) is 14.1. The summed E-state index contributed by atoms with van der Waals surface area (Å²) in [6.45, 7) is 0.378. The molecule has 0 unspecified atom stereocenters. The van der Waals surface area contributed by atoms with Gasteiger partial charge in [0, 0.05) is 31.0 Å². The quantitative estimate of drug-likeness (QED) is 0.370. The molecule has 1 amide bonds. The lowest BCUT2D eigenvalue weighted by Gasteiger charge is -2.31. The van der Waals surface area contributed by atoms with Gasteiger partial charge in [-0.05, 0) is 48.7 Å². The van der Waals surface area contributed by atoms with Gasteiger partial charge < -0.3 is 9.64 Å². The highest BCUT2D eigenvalue weighted by atomic mass is 32.1. The van der Waals surface area contributed by atoms with Gasteiger partial charge >= 0.3 is 12.4 Å². The third-order valence-electron chi connectivity index (χ3n) is 5.96. The molecule has 5 nitrogen and oxygen atoms in total. The highest BCUT2D eigenvalue weighted by molar-refractivity contribution is 7.11. The first-order chi connectivity index (χ1) is 16.9. The number of alkyl halides is 6. The number of benzene rings is 2. The number of aromatic nitrogens is 2. The van der Waals surface area contributed by atoms with Crippen molar-refractivity contribution in [1.82, 2.24) is 15.1 Å². The minimum absolute atomic E-state index is 0.00316. The van der Waals surface area contributed by atoms with Gasteiger partial charge in [0.2, 0.25) is 0 Å². The molecule has 1 aliphatic rings. The molecule has 0 aliphatic carbocycles. The zero-order valence-electron chi connectivity index (χ0n) is 19.0. The van der Waals surface area contributed by atoms with E-state index in [1.54, 1.807) is 7.11 Å². The van der Waals surface area contributed by atoms with E-state index in [1.165, 1.54) is 16.2 Å². The molecule has 192 valence electrons. The molecule has 36 heavy (non-hydrogen) atoms. The average Bonchev–Trinajstić information content (AvgIpc) is 3.31. The van der Waals surface area contributed by atoms with E-state index >= 15 is 0 Å². The third kappa shape index (κ3) is 5.97. The lowest BCUT2D eigenvalue weighted by atomic mass is 9.96. The number of ether oxygens (including phenoxy) is 1. The van der Waals surface area contributed by atoms with Crippen LogP contribution in [0.4, 0.5) is 26.3 Å². The summed E-state index contributed by atoms with van der Waals surface area (Å²) in [5.41, 5.74) is -2.60. The lowest BCUT2D eigenvalue weighted by Crippen LogP contribution is -2.38. The number of hydrogen-bond donors (Lipinski definition) is 0. The van der Waals surface area contributed by atoms with Crippen molar-refractivity contribution in [3.63, 3.8) is 0 Å². The third-order valence-corrected chi connectivity index (χ3v) is 7.05. The Hall–Kier alpha value is -3.15. The molecular formula is C24H21F6N3O2S. The predicted molar refractivity (Wildman–Crippen MR) is 120 cm³/mol. The van der Waals surface area contributed by atoms with Crippen LogP contribution >= 0.6 is 11.3 Å². The molecule has 0 radical (unpaired) electrons. The summed E-state index contributed by atoms with van der Waals surface area (Å²) in [5, 5.41) is 10.1. The molecule has 0 saturated carbocycles. The summed E-state index contributed by atoms with van der Waals surface area (Å²) in [6.07, 6.45) is -8.46. The molecule has 2 heterocycles. The van der Waals surface area contributed by atoms with Crippen LogP contribution in [-0.2, 0) is 18.8 Å². The molecule has 0 N–H and O–H groups in total. The zero-order valence-corrected chi connectivity index (χ0v) is 19.8. The molecular weight excluding hydrogens is 508 g/mol. The SMILES string of the molecule is COc1ccc(Cc2nnc(C3CCN(C(=O)c4cc(C(F)(F)F)cc(C(F)(F)F)c4)CC3)s2)cc1. The van der Waals surface area contributed by atoms with Crippen molar-refractivity contribution in [2.75, 3.05) is 20.2 Å². The number of piperidine rings is 1. The summed E-state index contributed by atoms with van der Waals surface area (Å²) >= 11 is 1.45. The minimum atomic E-state index is -5.01. The number of likely N-dealkylation sites (tertiary alicyclic amines) is 1. The molecule has 3 aromatic rings. The van der Waals surface area contributed by atoms with Crippen LogP contribution in [0.15, 0.2) is 42.5 Å². The second-order valence-corrected chi connectivity index (χ2v) is 9.51. The smallest absolute Gasteiger partial charge is 0.416 e. The minimum Gasteiger partial charge on any atom is -0.497 e. The number of carbonyl (C=O) groups excluding carboxylic acids is 1. The van der Waals surface area contributed by atoms with Crippen LogP contribution in [0.5, 0.6) is 5.75 Å². The molecule has 1 saturated heterocycles. The van der Waals surface area contributed by atoms with Gasteiger partial charge in [0.15, 0.2) is 0 Å². The first kappa shape index (κ1) is 25.9. The molecule has 0 atom stereocenters. The van der Waals surface area contributed by atoms with Crippen LogP contribution in [0.1, 0.15) is 55.8 Å². The van der Waals surface area contributed by atoms with Gasteiger partial charge in [-0.3, -0.25) is 4.79 Å². The van der Waals surface area contributed by atoms with Crippen LogP contribution in [-0.4, -0.2) is 41.2 Å². The highest BCUT2D eigenvalue weighted by Crippen LogP contribution is 2.37. The molecule has 1 fully saturated rings. The fraction of sp³-hybridized carbons (Fsp3) is 0.375. The van der Waals surface area contributed by atoms with Crippen LogP contribution in [0.25, 0.3) is 0 Å². The van der Waals surface area contributed by atoms with Crippen molar-refractivity contribution in [2.24, 2.45) is 0 Å². The van der Waals surface area contributed by atoms with E-state index in [-0.39, 0.29) is 25.1 Å². The summed E-state index contributed by atoms with van der Waals surface area (Å²) in [7, 11) is 1.59. The maximum atomic E-state index is 13.1. The number of nitrogens with zero attached hydrogens (tertiary/aromatic N) is 3. The Labute approximate surface area is 206 Å². The van der Waals surface area contributed by atoms with Crippen molar-refractivity contribution in [2.45, 2.75) is 37.5 Å². The maximum absolute atomic E-state index is 13.1. The van der Waals surface area contributed by atoms with Gasteiger partial charge in [-0.1, -0.05) is 12.1 Å². The van der Waals surface area contributed by atoms with Gasteiger partial charge in [-0.2, -0.15) is 26.3 Å². The van der Waals surface area contributed by atoms with E-state index in [4.69, 9.17) is 4.74 Å². The number of hydrogen-bond acceptors (Lipinski definition) is 5. The summed E-state index contributed by atoms with van der Waals surface area (Å²) in [5.74, 6) is -0.108. The van der Waals surface area contributed by atoms with E-state index in [2.05, 4.69) is 10.2 Å². The number of rotatable bonds is 5. The standard InChI is InChI=1S/C24H21F6N3O2S/c1-35-19-4-2-14(3-5-19)10-20-31-32-21(36-20)15-6-8-33(9-7-15)22(34)16-11-17(23(25,26)27)13-18(12-16)24(28,29)30/h2-5,11-13,15H,6-10H2,1H3. The van der Waals surface area contributed by atoms with Crippen molar-refractivity contribution >= 4 is 17.2 Å². The average molecular weight is 530 g/mol. The Morgan fingerprint density at radius 3 is 2.08 bits per heavy atom. The normalized spacial score (nSPS) is 15.2. The van der Waals surface area contributed by atoms with E-state index in [0.717, 1.165) is 21.3 Å². The fourth-order valence-corrected chi connectivity index (χ4v) is 5.06. The van der Waals surface area contributed by atoms with Crippen molar-refractivity contribution in [1.29, 1.82) is 0 Å². The highest BCUT2D eigenvalue weighted by Gasteiger charge is 2.38. The molecule has 0 spiro atoms. The summed E-state index contributed by atoms with van der Waals surface area (Å²) in [6, 6.07) is 8.53. The fourth-order valence-electron chi connectivity index (χ4n) is 4.01. The van der Waals surface area contributed by atoms with Crippen LogP contribution in [0, 0.1) is 0 Å². The maximum Gasteiger partial charge on any atom is 0.416 e. The van der Waals surface area contributed by atoms with Crippen LogP contribution in [0.3, 0.4) is 0 Å². The summed E-state index contributed by atoms with van der Waals surface area (Å²) < 4.78 is 84.0. The van der Waals surface area contributed by atoms with E-state index in [1.807, 2.05) is 24.3 Å². The second-order valence-electron chi connectivity index (χ2n) is 8.42. The van der Waals surface area contributed by atoms with Crippen LogP contribution < -0.4 is 4.74 Å². The molecule has 2 aromatic carbocycles. The van der Waals surface area contributed by atoms with Crippen molar-refractivity contribution in [3.05, 3.63) is 74.7 Å². The zero-order chi connectivity index (χ0) is 26.1. The van der Waals surface area contributed by atoms with Gasteiger partial charge in [-0.15, -0.1) is 21.5 Å². The largest absolute Gasteiger partial charge is 0.497 e. The Morgan fingerprint density at radius 1 is 0.972 bits per heavy atom. The first-order valence-corrected chi connectivity index (χ1v) is 11.8. The molecule has 12 heteroatoms. The number of carbonyl (C=O) groups is 1. The predicted octanol–water partition coefficient (Wildman–Crippen LogP) is 6.19. The van der Waals surface area contributed by atoms with Gasteiger partial charge in [0.25, 0.3) is 5.91 Å². The van der Waals surface area contributed by atoms with E-state index in [9.17, 15) is 31.1 Å². The molecule has 1 aromatic heterocycles. The Kier molecular flexibility index (Phi) is 7.26. The number of halogens is 6. The Morgan fingerprint density at radius 2 is 1.56 bits per heavy atom. The van der Waals surface area contributed by atoms with E-state index < -0.39 is 35.0 Å². The van der Waals surface area contributed by atoms with Gasteiger partial charge in [0.05, 0.1) is 18.2 Å². The topological polar surface area (TPSA) is 55.3 Å². The van der Waals surface area contributed by atoms with Crippen molar-refractivity contribution < 1.29 is 35.9 Å². The van der Waals surface area contributed by atoms with Crippen LogP contribution in [0.2, 0.25) is 0 Å². The Balaban J connectivity index is 1.42. The molecule has 4 rings (SSSR count). The second kappa shape index (κ2) is 10.1. The van der Waals surface area contributed by atoms with Gasteiger partial charge in [0.1, 0.15) is 15.8 Å². The lowest BCUT2D eigenvalue weighted by molar-refractivity contribution is -0.143. The first-order valence-electron chi connectivity index (χ1n) is 11.0. The van der Waals surface area contributed by atoms with Crippen molar-refractivity contribution in [3.8, 4) is 5.75 Å². The van der Waals surface area contributed by atoms with E-state index in [0.29, 0.717) is 31.4 Å². The molecule has 1 aliphatic heterocycles. The number of methoxy groups -OCH3 is 1. The Bertz CT molecular complexity index is 1180.